The van der Waals surface area contributed by atoms with Crippen LogP contribution in [0.3, 0.4) is 0 Å². The molecule has 11 aromatic rings. The number of anilines is 7. The number of rotatable bonds is 48. The average Bonchev–Trinajstić information content (AvgIpc) is 1.48. The van der Waals surface area contributed by atoms with Crippen LogP contribution in [0.4, 0.5) is 39.8 Å². The summed E-state index contributed by atoms with van der Waals surface area (Å²) in [5.41, 5.74) is 12.4. The summed E-state index contributed by atoms with van der Waals surface area (Å²) >= 11 is 14.1. The summed E-state index contributed by atoms with van der Waals surface area (Å²) in [6, 6.07) is 56.7. The monoisotopic (exact) mass is 2080 g/mol. The lowest BCUT2D eigenvalue weighted by Gasteiger charge is -2.32. The van der Waals surface area contributed by atoms with E-state index in [1.807, 2.05) is 160 Å². The Morgan fingerprint density at radius 3 is 1.69 bits per heavy atom. The molecule has 0 aliphatic carbocycles. The van der Waals surface area contributed by atoms with Crippen molar-refractivity contribution in [1.29, 1.82) is 10.5 Å². The van der Waals surface area contributed by atoms with Crippen molar-refractivity contribution in [2.45, 2.75) is 143 Å². The van der Waals surface area contributed by atoms with Crippen LogP contribution >= 0.6 is 54.8 Å². The molecule has 0 radical (unpaired) electrons. The molecule has 6 aromatic heterocycles. The van der Waals surface area contributed by atoms with Crippen molar-refractivity contribution < 1.29 is 47.9 Å². The SMILES string of the molecule is CCC[C@H](NC(=O)/C(C#N)=C/c1cccc(Br)n1)c1ccc(CC/C=N/OCCOCCNC(=O)CC2CCN(Cc3ccc(C(=O)Nc4ccc(C)c(Nc5nccc(-c6cccnc6)n5)c4)cc3)CC2)cc1.CCC[C@H](NC(=O)/C(C#N)=C/c1cccc(Br)n1)c1ccc(CC/C=N/OCCOCCNC(=O)CC2CCN(c3cc(Nc4ncc(C(=O)Nc5c(C)cccc5Cl)s4)nc(C)n3)CC2)cc1. The van der Waals surface area contributed by atoms with Gasteiger partial charge in [0.1, 0.15) is 68.0 Å². The second-order valence-electron chi connectivity index (χ2n) is 34.0. The molecule has 13 rings (SSSR count). The molecular formula is C106H117Br2ClN22O10S. The minimum absolute atomic E-state index is 0.00454. The molecule has 2 aliphatic rings. The third-order valence-electron chi connectivity index (χ3n) is 23.3. The first-order valence-corrected chi connectivity index (χ1v) is 50.3. The van der Waals surface area contributed by atoms with Crippen molar-refractivity contribution in [1.82, 2.24) is 66.0 Å². The highest BCUT2D eigenvalue weighted by Gasteiger charge is 2.27. The largest absolute Gasteiger partial charge is 0.394 e. The number of aryl methyl sites for hydroxylation is 5. The Balaban J connectivity index is 0.000000255. The second kappa shape index (κ2) is 57.1. The van der Waals surface area contributed by atoms with E-state index >= 15 is 0 Å². The molecule has 0 saturated carbocycles. The summed E-state index contributed by atoms with van der Waals surface area (Å²) in [7, 11) is 0. The molecule has 6 amide bonds. The summed E-state index contributed by atoms with van der Waals surface area (Å²) in [5, 5.41) is 52.8. The van der Waals surface area contributed by atoms with E-state index in [0.29, 0.717) is 154 Å². The van der Waals surface area contributed by atoms with Crippen molar-refractivity contribution in [3.8, 4) is 23.4 Å². The third kappa shape index (κ3) is 35.4. The Hall–Kier alpha value is -13.9. The zero-order chi connectivity index (χ0) is 100. The number of ether oxygens (including phenoxy) is 2. The highest BCUT2D eigenvalue weighted by molar-refractivity contribution is 9.10. The van der Waals surface area contributed by atoms with Gasteiger partial charge in [0.05, 0.1) is 72.5 Å². The van der Waals surface area contributed by atoms with Gasteiger partial charge in [0, 0.05) is 105 Å². The van der Waals surface area contributed by atoms with Crippen LogP contribution in [0, 0.1) is 55.3 Å². The number of oxime groups is 2. The molecule has 0 unspecified atom stereocenters. The molecule has 36 heteroatoms. The van der Waals surface area contributed by atoms with Crippen molar-refractivity contribution in [3.05, 3.63) is 287 Å². The first kappa shape index (κ1) is 107. The van der Waals surface area contributed by atoms with E-state index < -0.39 is 11.8 Å². The number of pyridine rings is 3. The van der Waals surface area contributed by atoms with Crippen LogP contribution in [0.2, 0.25) is 5.02 Å². The van der Waals surface area contributed by atoms with E-state index in [2.05, 4.69) is 148 Å². The van der Waals surface area contributed by atoms with Gasteiger partial charge in [0.2, 0.25) is 17.8 Å². The number of thiazole rings is 1. The number of nitriles is 2. The second-order valence-corrected chi connectivity index (χ2v) is 37.1. The molecule has 2 atom stereocenters. The molecule has 0 bridgehead atoms. The van der Waals surface area contributed by atoms with Crippen LogP contribution < -0.4 is 47.4 Å². The van der Waals surface area contributed by atoms with Crippen molar-refractivity contribution in [2.24, 2.45) is 22.1 Å². The molecule has 2 aliphatic heterocycles. The number of likely N-dealkylation sites (tertiary alicyclic amines) is 1. The van der Waals surface area contributed by atoms with Gasteiger partial charge in [-0.3, -0.25) is 38.7 Å². The van der Waals surface area contributed by atoms with Gasteiger partial charge < -0.3 is 66.6 Å². The van der Waals surface area contributed by atoms with Crippen LogP contribution in [0.25, 0.3) is 23.4 Å². The highest BCUT2D eigenvalue weighted by atomic mass is 79.9. The third-order valence-corrected chi connectivity index (χ3v) is 25.4. The normalized spacial score (nSPS) is 13.5. The summed E-state index contributed by atoms with van der Waals surface area (Å²) in [6.07, 6.45) is 23.8. The number of amides is 6. The molecule has 32 nitrogen and oxygen atoms in total. The highest BCUT2D eigenvalue weighted by Crippen LogP contribution is 2.33. The minimum atomic E-state index is -0.438. The van der Waals surface area contributed by atoms with Crippen LogP contribution in [-0.2, 0) is 57.7 Å². The van der Waals surface area contributed by atoms with Crippen LogP contribution in [0.15, 0.2) is 225 Å². The lowest BCUT2D eigenvalue weighted by molar-refractivity contribution is -0.123. The van der Waals surface area contributed by atoms with E-state index in [9.17, 15) is 39.3 Å². The molecule has 142 heavy (non-hydrogen) atoms. The number of benzene rings is 5. The number of carbonyl (C=O) groups excluding carboxylic acids is 6. The van der Waals surface area contributed by atoms with E-state index in [1.165, 1.54) is 29.7 Å². The first-order chi connectivity index (χ1) is 69.1. The summed E-state index contributed by atoms with van der Waals surface area (Å²) in [6.45, 7) is 16.8. The van der Waals surface area contributed by atoms with E-state index in [1.54, 1.807) is 73.5 Å². The average molecular weight is 2090 g/mol. The van der Waals surface area contributed by atoms with Gasteiger partial charge >= 0.3 is 0 Å². The maximum Gasteiger partial charge on any atom is 0.267 e. The Morgan fingerprint density at radius 2 is 1.14 bits per heavy atom. The van der Waals surface area contributed by atoms with Gasteiger partial charge in [-0.25, -0.2) is 34.9 Å². The number of nitrogens with zero attached hydrogens (tertiary/aromatic N) is 14. The number of halogens is 3. The lowest BCUT2D eigenvalue weighted by Crippen LogP contribution is -2.37. The van der Waals surface area contributed by atoms with Crippen LogP contribution in [0.1, 0.15) is 179 Å². The fourth-order valence-electron chi connectivity index (χ4n) is 15.8. The molecular weight excluding hydrogens is 1970 g/mol. The summed E-state index contributed by atoms with van der Waals surface area (Å²) in [5.74, 6) is 1.69. The zero-order valence-corrected chi connectivity index (χ0v) is 84.8. The van der Waals surface area contributed by atoms with Crippen molar-refractivity contribution in [2.75, 3.05) is 105 Å². The lowest BCUT2D eigenvalue weighted by atomic mass is 9.93. The predicted molar refractivity (Wildman–Crippen MR) is 561 cm³/mol. The number of hydrogen-bond donors (Lipinski definition) is 8. The molecule has 2 fully saturated rings. The molecule has 5 aromatic carbocycles. The maximum absolute atomic E-state index is 13.3. The quantitative estimate of drug-likeness (QED) is 0.00438. The van der Waals surface area contributed by atoms with Gasteiger partial charge in [-0.2, -0.15) is 10.5 Å². The Morgan fingerprint density at radius 1 is 0.570 bits per heavy atom. The van der Waals surface area contributed by atoms with Gasteiger partial charge in [0.25, 0.3) is 23.6 Å². The fraction of sp³-hybridized carbons (Fsp3) is 0.340. The Kier molecular flexibility index (Phi) is 43.0. The standard InChI is InChI=1S/C57H62BrN11O5.C49H55BrClN11O5S/c1-3-7-50(66-56(72)47(37-59)35-48-10-4-11-53(58)64-48)44-17-13-41(14-18-44)8-5-26-63-74-33-32-73-31-28-61-54(70)34-42-23-29-69(30-24-42)39-43-15-19-45(20-16-43)55(71)65-49-21-12-40(2)52(36-49)68-57-62-27-22-51(67-57)46-9-6-25-60-38-46;1-4-8-40(59-47(64)37(30-52)28-38-11-6-13-42(50)58-38)36-16-14-34(15-17-36)10-7-20-55-67-26-25-66-24-21-53-45(63)27-35-18-22-62(23-19-35)44-29-43(56-33(3)57-44)60-49-54-31-41(68-49)48(65)61-46-32(2)9-5-12-39(46)51/h4,6,9-22,25-27,35-36,38,42,50H,3,5,7-8,23-24,28-34,39H2,1-2H3,(H,61,70)(H,65,71)(H,66,72)(H,62,67,68);5-6,9,11-17,20,28-29,31,35,40H,4,7-8,10,18-19,21-27H2,1-3H3,(H,53,63)(H,59,64)(H,61,65)(H,54,56,57,60)/b47-35+,63-26+;37-28+,55-20+/t50-;40-/m00/s1. The van der Waals surface area contributed by atoms with Gasteiger partial charge in [-0.15, -0.1) is 0 Å². The molecule has 8 heterocycles. The van der Waals surface area contributed by atoms with E-state index in [-0.39, 0.29) is 52.8 Å². The zero-order valence-electron chi connectivity index (χ0n) is 80.1. The molecule has 2 saturated heterocycles. The number of piperidine rings is 2. The van der Waals surface area contributed by atoms with Gasteiger partial charge in [-0.1, -0.05) is 151 Å². The van der Waals surface area contributed by atoms with Crippen molar-refractivity contribution >= 4 is 155 Å². The van der Waals surface area contributed by atoms with Crippen LogP contribution in [0.5, 0.6) is 0 Å². The van der Waals surface area contributed by atoms with Gasteiger partial charge in [-0.05, 0) is 266 Å². The van der Waals surface area contributed by atoms with E-state index in [4.69, 9.17) is 30.7 Å². The molecule has 0 spiro atoms. The number of hydrogen-bond acceptors (Lipinski definition) is 27. The first-order valence-electron chi connectivity index (χ1n) is 47.5. The summed E-state index contributed by atoms with van der Waals surface area (Å²) in [4.78, 5) is 129. The number of para-hydroxylation sites is 1. The number of carbonyl (C=O) groups is 6. The minimum Gasteiger partial charge on any atom is -0.394 e. The van der Waals surface area contributed by atoms with Gasteiger partial charge in [0.15, 0.2) is 5.13 Å². The maximum atomic E-state index is 13.3. The number of nitrogens with one attached hydrogen (secondary N) is 8. The topological polar surface area (TPSA) is 417 Å². The Bertz CT molecular complexity index is 6210. The predicted octanol–water partition coefficient (Wildman–Crippen LogP) is 19.2. The smallest absolute Gasteiger partial charge is 0.267 e. The summed E-state index contributed by atoms with van der Waals surface area (Å²) < 4.78 is 12.5. The molecule has 738 valence electrons. The van der Waals surface area contributed by atoms with E-state index in [0.717, 1.165) is 159 Å². The molecule has 8 N–H and O–H groups in total. The van der Waals surface area contributed by atoms with Crippen molar-refractivity contribution in [3.63, 3.8) is 0 Å². The fourth-order valence-corrected chi connectivity index (χ4v) is 17.5. The Labute approximate surface area is 853 Å². The van der Waals surface area contributed by atoms with Crippen LogP contribution in [-0.4, -0.2) is 172 Å². The number of aromatic nitrogens is 8.